The number of hydrogen-bond acceptors (Lipinski definition) is 2. The molecule has 0 bridgehead atoms. The standard InChI is InChI=1S/C14H19NO/c1-5-9-15-13(6-2)12-10-11(3)7-8-14(12)16-4/h1,7-8,10,13,15H,6,9H2,2-4H3. The molecule has 1 rings (SSSR count). The Balaban J connectivity index is 2.98. The number of hydrogen-bond donors (Lipinski definition) is 1. The minimum absolute atomic E-state index is 0.255. The van der Waals surface area contributed by atoms with E-state index in [9.17, 15) is 0 Å². The molecule has 0 radical (unpaired) electrons. The Hall–Kier alpha value is -1.46. The van der Waals surface area contributed by atoms with Gasteiger partial charge in [-0.25, -0.2) is 0 Å². The maximum Gasteiger partial charge on any atom is 0.123 e. The Morgan fingerprint density at radius 3 is 2.81 bits per heavy atom. The van der Waals surface area contributed by atoms with E-state index in [0.29, 0.717) is 6.54 Å². The van der Waals surface area contributed by atoms with E-state index >= 15 is 0 Å². The van der Waals surface area contributed by atoms with E-state index in [4.69, 9.17) is 11.2 Å². The van der Waals surface area contributed by atoms with Crippen LogP contribution in [0.1, 0.15) is 30.5 Å². The summed E-state index contributed by atoms with van der Waals surface area (Å²) in [6.07, 6.45) is 6.25. The molecular weight excluding hydrogens is 198 g/mol. The molecule has 86 valence electrons. The maximum absolute atomic E-state index is 5.37. The van der Waals surface area contributed by atoms with Crippen LogP contribution < -0.4 is 10.1 Å². The molecule has 0 heterocycles. The molecule has 1 aromatic carbocycles. The van der Waals surface area contributed by atoms with Crippen LogP contribution in [0.2, 0.25) is 0 Å². The van der Waals surface area contributed by atoms with Crippen molar-refractivity contribution >= 4 is 0 Å². The first-order chi connectivity index (χ1) is 7.72. The molecule has 0 fully saturated rings. The van der Waals surface area contributed by atoms with Crippen molar-refractivity contribution in [3.63, 3.8) is 0 Å². The molecule has 0 saturated heterocycles. The predicted octanol–water partition coefficient (Wildman–Crippen LogP) is 2.68. The van der Waals surface area contributed by atoms with Gasteiger partial charge in [-0.2, -0.15) is 0 Å². The van der Waals surface area contributed by atoms with Gasteiger partial charge in [-0.1, -0.05) is 30.5 Å². The summed E-state index contributed by atoms with van der Waals surface area (Å²) in [6.45, 7) is 4.79. The summed E-state index contributed by atoms with van der Waals surface area (Å²) >= 11 is 0. The van der Waals surface area contributed by atoms with E-state index < -0.39 is 0 Å². The van der Waals surface area contributed by atoms with Gasteiger partial charge in [0.1, 0.15) is 5.75 Å². The number of benzene rings is 1. The van der Waals surface area contributed by atoms with E-state index in [1.165, 1.54) is 11.1 Å². The fraction of sp³-hybridized carbons (Fsp3) is 0.429. The SMILES string of the molecule is C#CCNC(CC)c1cc(C)ccc1OC. The van der Waals surface area contributed by atoms with Crippen LogP contribution in [-0.2, 0) is 0 Å². The van der Waals surface area contributed by atoms with E-state index in [2.05, 4.69) is 37.2 Å². The van der Waals surface area contributed by atoms with Crippen LogP contribution in [0.3, 0.4) is 0 Å². The number of ether oxygens (including phenoxy) is 1. The summed E-state index contributed by atoms with van der Waals surface area (Å²) in [5, 5.41) is 3.32. The molecule has 1 N–H and O–H groups in total. The summed E-state index contributed by atoms with van der Waals surface area (Å²) in [5.41, 5.74) is 2.41. The lowest BCUT2D eigenvalue weighted by atomic mass is 10.0. The topological polar surface area (TPSA) is 21.3 Å². The number of methoxy groups -OCH3 is 1. The van der Waals surface area contributed by atoms with Crippen molar-refractivity contribution in [2.24, 2.45) is 0 Å². The second kappa shape index (κ2) is 6.19. The van der Waals surface area contributed by atoms with E-state index in [1.54, 1.807) is 7.11 Å². The molecular formula is C14H19NO. The third kappa shape index (κ3) is 3.01. The van der Waals surface area contributed by atoms with Crippen molar-refractivity contribution in [2.75, 3.05) is 13.7 Å². The second-order valence-electron chi connectivity index (χ2n) is 3.79. The van der Waals surface area contributed by atoms with Crippen LogP contribution in [0, 0.1) is 19.3 Å². The fourth-order valence-electron chi connectivity index (χ4n) is 1.78. The van der Waals surface area contributed by atoms with E-state index in [1.807, 2.05) is 6.07 Å². The molecule has 0 aliphatic rings. The highest BCUT2D eigenvalue weighted by molar-refractivity contribution is 5.39. The molecule has 0 amide bonds. The molecule has 0 aliphatic heterocycles. The Labute approximate surface area is 98.0 Å². The molecule has 2 heteroatoms. The largest absolute Gasteiger partial charge is 0.496 e. The first-order valence-electron chi connectivity index (χ1n) is 5.54. The Kier molecular flexibility index (Phi) is 4.88. The van der Waals surface area contributed by atoms with Gasteiger partial charge in [-0.3, -0.25) is 5.32 Å². The van der Waals surface area contributed by atoms with E-state index in [0.717, 1.165) is 12.2 Å². The van der Waals surface area contributed by atoms with Gasteiger partial charge in [0.05, 0.1) is 13.7 Å². The van der Waals surface area contributed by atoms with E-state index in [-0.39, 0.29) is 6.04 Å². The fourth-order valence-corrected chi connectivity index (χ4v) is 1.78. The lowest BCUT2D eigenvalue weighted by Gasteiger charge is -2.19. The number of nitrogens with one attached hydrogen (secondary N) is 1. The van der Waals surface area contributed by atoms with Crippen LogP contribution in [0.5, 0.6) is 5.75 Å². The number of aryl methyl sites for hydroxylation is 1. The number of rotatable bonds is 5. The van der Waals surface area contributed by atoms with Crippen LogP contribution in [0.15, 0.2) is 18.2 Å². The lowest BCUT2D eigenvalue weighted by molar-refractivity contribution is 0.399. The molecule has 2 nitrogen and oxygen atoms in total. The smallest absolute Gasteiger partial charge is 0.123 e. The Morgan fingerprint density at radius 1 is 1.50 bits per heavy atom. The summed E-state index contributed by atoms with van der Waals surface area (Å²) < 4.78 is 5.37. The van der Waals surface area contributed by atoms with Gasteiger partial charge in [0.25, 0.3) is 0 Å². The summed E-state index contributed by atoms with van der Waals surface area (Å²) in [6, 6.07) is 6.46. The summed E-state index contributed by atoms with van der Waals surface area (Å²) in [7, 11) is 1.70. The van der Waals surface area contributed by atoms with Crippen LogP contribution in [0.25, 0.3) is 0 Å². The van der Waals surface area contributed by atoms with Gasteiger partial charge < -0.3 is 4.74 Å². The van der Waals surface area contributed by atoms with Crippen LogP contribution in [0.4, 0.5) is 0 Å². The third-order valence-corrected chi connectivity index (χ3v) is 2.62. The summed E-state index contributed by atoms with van der Waals surface area (Å²) in [5.74, 6) is 3.52. The van der Waals surface area contributed by atoms with Crippen molar-refractivity contribution in [1.82, 2.24) is 5.32 Å². The highest BCUT2D eigenvalue weighted by atomic mass is 16.5. The highest BCUT2D eigenvalue weighted by Gasteiger charge is 2.13. The van der Waals surface area contributed by atoms with Crippen LogP contribution >= 0.6 is 0 Å². The van der Waals surface area contributed by atoms with Crippen molar-refractivity contribution in [3.05, 3.63) is 29.3 Å². The average Bonchev–Trinajstić information content (AvgIpc) is 2.30. The average molecular weight is 217 g/mol. The minimum atomic E-state index is 0.255. The molecule has 0 aliphatic carbocycles. The maximum atomic E-state index is 5.37. The first-order valence-corrected chi connectivity index (χ1v) is 5.54. The molecule has 16 heavy (non-hydrogen) atoms. The first kappa shape index (κ1) is 12.6. The molecule has 0 spiro atoms. The number of terminal acetylenes is 1. The molecule has 1 atom stereocenters. The van der Waals surface area contributed by atoms with Gasteiger partial charge in [0.2, 0.25) is 0 Å². The molecule has 1 aromatic rings. The molecule has 0 aromatic heterocycles. The van der Waals surface area contributed by atoms with Gasteiger partial charge in [0.15, 0.2) is 0 Å². The predicted molar refractivity (Wildman–Crippen MR) is 67.6 cm³/mol. The van der Waals surface area contributed by atoms with Crippen molar-refractivity contribution in [1.29, 1.82) is 0 Å². The third-order valence-electron chi connectivity index (χ3n) is 2.62. The zero-order valence-corrected chi connectivity index (χ0v) is 10.2. The van der Waals surface area contributed by atoms with Gasteiger partial charge in [0, 0.05) is 11.6 Å². The molecule has 0 saturated carbocycles. The van der Waals surface area contributed by atoms with Crippen molar-refractivity contribution in [2.45, 2.75) is 26.3 Å². The van der Waals surface area contributed by atoms with Gasteiger partial charge in [-0.15, -0.1) is 6.42 Å². The Morgan fingerprint density at radius 2 is 2.25 bits per heavy atom. The normalized spacial score (nSPS) is 11.9. The summed E-state index contributed by atoms with van der Waals surface area (Å²) in [4.78, 5) is 0. The van der Waals surface area contributed by atoms with Crippen molar-refractivity contribution in [3.8, 4) is 18.1 Å². The molecule has 1 unspecified atom stereocenters. The van der Waals surface area contributed by atoms with Crippen molar-refractivity contribution < 1.29 is 4.74 Å². The highest BCUT2D eigenvalue weighted by Crippen LogP contribution is 2.27. The monoisotopic (exact) mass is 217 g/mol. The van der Waals surface area contributed by atoms with Gasteiger partial charge in [-0.05, 0) is 19.4 Å². The second-order valence-corrected chi connectivity index (χ2v) is 3.79. The zero-order valence-electron chi connectivity index (χ0n) is 10.2. The quantitative estimate of drug-likeness (QED) is 0.766. The van der Waals surface area contributed by atoms with Crippen LogP contribution in [-0.4, -0.2) is 13.7 Å². The lowest BCUT2D eigenvalue weighted by Crippen LogP contribution is -2.21. The Bertz CT molecular complexity index is 379. The van der Waals surface area contributed by atoms with Gasteiger partial charge >= 0.3 is 0 Å². The minimum Gasteiger partial charge on any atom is -0.496 e. The zero-order chi connectivity index (χ0) is 12.0.